The fourth-order valence-electron chi connectivity index (χ4n) is 3.91. The Balaban J connectivity index is 1.56. The molecule has 0 radical (unpaired) electrons. The molecule has 4 rings (SSSR count). The van der Waals surface area contributed by atoms with Crippen LogP contribution in [0.5, 0.6) is 0 Å². The lowest BCUT2D eigenvalue weighted by Crippen LogP contribution is -2.26. The van der Waals surface area contributed by atoms with Crippen molar-refractivity contribution in [1.82, 2.24) is 15.0 Å². The standard InChI is InChI=1S/C30H24N12O6/c1-16-4-7-19(10-22(16)31-13-43)34-28(46)40-25-37-26(41-29(47)35-20-8-5-17(2)23(11-20)32-14-44)39-27(38-25)42-30(48)36-21-9-6-18(3)24(12-21)33-15-45/h4-12H,1-3H3,(H6,34,35,36,37,38,39,40,41,42,46,47,48). The Hall–Kier alpha value is -7.38. The average Bonchev–Trinajstić information content (AvgIpc) is 3.02. The van der Waals surface area contributed by atoms with E-state index in [2.05, 4.69) is 61.8 Å². The quantitative estimate of drug-likeness (QED) is 0.0970. The minimum Gasteiger partial charge on any atom is -0.308 e. The van der Waals surface area contributed by atoms with Crippen molar-refractivity contribution in [3.63, 3.8) is 0 Å². The molecule has 18 nitrogen and oxygen atoms in total. The Morgan fingerprint density at radius 2 is 0.750 bits per heavy atom. The van der Waals surface area contributed by atoms with Gasteiger partial charge in [0.25, 0.3) is 0 Å². The first kappa shape index (κ1) is 33.5. The van der Waals surface area contributed by atoms with Crippen LogP contribution in [0, 0.1) is 20.8 Å². The molecule has 6 N–H and O–H groups in total. The van der Waals surface area contributed by atoms with E-state index in [1.165, 1.54) is 36.4 Å². The maximum Gasteiger partial charge on any atom is 0.326 e. The summed E-state index contributed by atoms with van der Waals surface area (Å²) in [7, 11) is 0. The van der Waals surface area contributed by atoms with Crippen LogP contribution in [0.3, 0.4) is 0 Å². The number of nitrogens with one attached hydrogen (secondary N) is 6. The second-order valence-corrected chi connectivity index (χ2v) is 9.66. The van der Waals surface area contributed by atoms with Crippen LogP contribution >= 0.6 is 0 Å². The van der Waals surface area contributed by atoms with Gasteiger partial charge >= 0.3 is 18.1 Å². The average molecular weight is 649 g/mol. The SMILES string of the molecule is Cc1ccc(NC(=O)Nc2nc(NC(=O)Nc3ccc(C)c(N=C=O)c3)nc(NC(=O)Nc3ccc(C)c(N=C=O)c3)n2)cc1N=C=O. The number of aliphatic imine (C=N–C) groups is 3. The predicted molar refractivity (Wildman–Crippen MR) is 175 cm³/mol. The van der Waals surface area contributed by atoms with Crippen LogP contribution in [0.25, 0.3) is 0 Å². The molecule has 0 aliphatic heterocycles. The summed E-state index contributed by atoms with van der Waals surface area (Å²) in [5.74, 6) is -1.16. The highest BCUT2D eigenvalue weighted by atomic mass is 16.2. The largest absolute Gasteiger partial charge is 0.326 e. The van der Waals surface area contributed by atoms with Gasteiger partial charge in [0.15, 0.2) is 0 Å². The maximum absolute atomic E-state index is 12.8. The van der Waals surface area contributed by atoms with E-state index in [1.54, 1.807) is 57.2 Å². The van der Waals surface area contributed by atoms with Gasteiger partial charge in [-0.25, -0.2) is 28.8 Å². The zero-order valence-corrected chi connectivity index (χ0v) is 25.3. The molecule has 48 heavy (non-hydrogen) atoms. The van der Waals surface area contributed by atoms with Gasteiger partial charge < -0.3 is 16.0 Å². The number of carbonyl (C=O) groups is 3. The van der Waals surface area contributed by atoms with Crippen LogP contribution in [0.1, 0.15) is 16.7 Å². The van der Waals surface area contributed by atoms with Crippen LogP contribution in [0.4, 0.5) is 66.4 Å². The number of nitrogens with zero attached hydrogens (tertiary/aromatic N) is 6. The number of isocyanates is 3. The number of carbonyl (C=O) groups excluding carboxylic acids is 6. The number of rotatable bonds is 9. The Bertz CT molecular complexity index is 1820. The van der Waals surface area contributed by atoms with E-state index in [9.17, 15) is 28.8 Å². The van der Waals surface area contributed by atoms with Gasteiger partial charge in [-0.3, -0.25) is 16.0 Å². The van der Waals surface area contributed by atoms with Gasteiger partial charge in [-0.05, 0) is 73.9 Å². The van der Waals surface area contributed by atoms with E-state index in [0.717, 1.165) is 0 Å². The summed E-state index contributed by atoms with van der Waals surface area (Å²) in [6.07, 6.45) is 4.32. The first-order valence-electron chi connectivity index (χ1n) is 13.6. The van der Waals surface area contributed by atoms with Crippen molar-refractivity contribution in [2.45, 2.75) is 20.8 Å². The van der Waals surface area contributed by atoms with E-state index in [4.69, 9.17) is 0 Å². The smallest absolute Gasteiger partial charge is 0.308 e. The molecule has 0 spiro atoms. The molecule has 1 heterocycles. The van der Waals surface area contributed by atoms with Crippen LogP contribution in [-0.4, -0.2) is 51.3 Å². The summed E-state index contributed by atoms with van der Waals surface area (Å²) in [6, 6.07) is 11.4. The lowest BCUT2D eigenvalue weighted by molar-refractivity contribution is 0.261. The van der Waals surface area contributed by atoms with Crippen LogP contribution < -0.4 is 31.9 Å². The number of aryl methyl sites for hydroxylation is 3. The lowest BCUT2D eigenvalue weighted by Gasteiger charge is -2.12. The van der Waals surface area contributed by atoms with Crippen LogP contribution in [0.15, 0.2) is 69.6 Å². The summed E-state index contributed by atoms with van der Waals surface area (Å²) >= 11 is 0. The van der Waals surface area contributed by atoms with Crippen LogP contribution in [0.2, 0.25) is 0 Å². The summed E-state index contributed by atoms with van der Waals surface area (Å²) in [6.45, 7) is 5.15. The van der Waals surface area contributed by atoms with E-state index >= 15 is 0 Å². The summed E-state index contributed by atoms with van der Waals surface area (Å²) in [5.41, 5.74) is 3.67. The van der Waals surface area contributed by atoms with Gasteiger partial charge in [0.05, 0.1) is 17.1 Å². The third kappa shape index (κ3) is 9.31. The Morgan fingerprint density at radius 3 is 1.00 bits per heavy atom. The number of amides is 6. The normalized spacial score (nSPS) is 9.81. The van der Waals surface area contributed by atoms with E-state index in [0.29, 0.717) is 16.7 Å². The molecule has 4 aromatic rings. The first-order chi connectivity index (χ1) is 23.1. The van der Waals surface area contributed by atoms with Crippen molar-refractivity contribution >= 4 is 88.3 Å². The number of benzene rings is 3. The van der Waals surface area contributed by atoms with E-state index in [-0.39, 0.29) is 52.0 Å². The van der Waals surface area contributed by atoms with Crippen molar-refractivity contribution in [3.8, 4) is 0 Å². The molecule has 0 aliphatic carbocycles. The predicted octanol–water partition coefficient (Wildman–Crippen LogP) is 5.63. The van der Waals surface area contributed by atoms with Crippen molar-refractivity contribution in [3.05, 3.63) is 71.3 Å². The molecule has 0 fully saturated rings. The molecule has 0 aliphatic rings. The molecule has 0 saturated heterocycles. The number of hydrogen-bond acceptors (Lipinski definition) is 12. The Morgan fingerprint density at radius 1 is 0.479 bits per heavy atom. The number of hydrogen-bond donors (Lipinski definition) is 6. The molecule has 1 aromatic heterocycles. The zero-order valence-electron chi connectivity index (χ0n) is 25.3. The number of aromatic nitrogens is 3. The summed E-state index contributed by atoms with van der Waals surface area (Å²) in [5, 5.41) is 14.7. The summed E-state index contributed by atoms with van der Waals surface area (Å²) < 4.78 is 0. The molecule has 6 amide bonds. The van der Waals surface area contributed by atoms with Crippen LogP contribution in [-0.2, 0) is 14.4 Å². The van der Waals surface area contributed by atoms with Crippen molar-refractivity contribution in [1.29, 1.82) is 0 Å². The molecular formula is C30H24N12O6. The molecular weight excluding hydrogens is 624 g/mol. The topological polar surface area (TPSA) is 250 Å². The molecule has 240 valence electrons. The molecule has 0 atom stereocenters. The Kier molecular flexibility index (Phi) is 10.9. The lowest BCUT2D eigenvalue weighted by atomic mass is 10.2. The van der Waals surface area contributed by atoms with Gasteiger partial charge in [-0.15, -0.1) is 0 Å². The number of anilines is 6. The zero-order chi connectivity index (χ0) is 34.6. The molecule has 0 bridgehead atoms. The van der Waals surface area contributed by atoms with Gasteiger partial charge in [0.1, 0.15) is 0 Å². The number of urea groups is 3. The highest BCUT2D eigenvalue weighted by Crippen LogP contribution is 2.25. The monoisotopic (exact) mass is 648 g/mol. The Labute approximate surface area is 271 Å². The first-order valence-corrected chi connectivity index (χ1v) is 13.6. The highest BCUT2D eigenvalue weighted by Gasteiger charge is 2.15. The van der Waals surface area contributed by atoms with Gasteiger partial charge in [-0.2, -0.15) is 29.9 Å². The van der Waals surface area contributed by atoms with Crippen molar-refractivity contribution in [2.24, 2.45) is 15.0 Å². The fourth-order valence-corrected chi connectivity index (χ4v) is 3.91. The van der Waals surface area contributed by atoms with Gasteiger partial charge in [0, 0.05) is 17.1 Å². The van der Waals surface area contributed by atoms with Crippen molar-refractivity contribution in [2.75, 3.05) is 31.9 Å². The van der Waals surface area contributed by atoms with Crippen molar-refractivity contribution < 1.29 is 28.8 Å². The highest BCUT2D eigenvalue weighted by molar-refractivity contribution is 6.02. The molecule has 0 unspecified atom stereocenters. The fraction of sp³-hybridized carbons (Fsp3) is 0.100. The third-order valence-electron chi connectivity index (χ3n) is 6.21. The van der Waals surface area contributed by atoms with Gasteiger partial charge in [0.2, 0.25) is 36.1 Å². The van der Waals surface area contributed by atoms with E-state index < -0.39 is 18.1 Å². The maximum atomic E-state index is 12.8. The van der Waals surface area contributed by atoms with E-state index in [1.807, 2.05) is 0 Å². The minimum absolute atomic E-state index is 0.268. The molecule has 18 heteroatoms. The van der Waals surface area contributed by atoms with Gasteiger partial charge in [-0.1, -0.05) is 18.2 Å². The third-order valence-corrected chi connectivity index (χ3v) is 6.21. The molecule has 0 saturated carbocycles. The minimum atomic E-state index is -0.831. The summed E-state index contributed by atoms with van der Waals surface area (Å²) in [4.78, 5) is 93.4. The second-order valence-electron chi connectivity index (χ2n) is 9.66. The second kappa shape index (κ2) is 15.6. The molecule has 3 aromatic carbocycles.